The van der Waals surface area contributed by atoms with Gasteiger partial charge in [0.25, 0.3) is 0 Å². The van der Waals surface area contributed by atoms with Crippen LogP contribution in [0.25, 0.3) is 22.1 Å². The fourth-order valence-corrected chi connectivity index (χ4v) is 3.79. The third-order valence-corrected chi connectivity index (χ3v) is 5.27. The van der Waals surface area contributed by atoms with Crippen LogP contribution in [0.4, 0.5) is 0 Å². The van der Waals surface area contributed by atoms with Crippen LogP contribution in [0.3, 0.4) is 0 Å². The van der Waals surface area contributed by atoms with Gasteiger partial charge in [-0.15, -0.1) is 0 Å². The van der Waals surface area contributed by atoms with Crippen LogP contribution in [0.2, 0.25) is 0 Å². The zero-order valence-electron chi connectivity index (χ0n) is 14.5. The van der Waals surface area contributed by atoms with E-state index in [2.05, 4.69) is 30.0 Å². The average molecular weight is 330 g/mol. The molecule has 25 heavy (non-hydrogen) atoms. The molecule has 1 aliphatic rings. The first-order valence-corrected chi connectivity index (χ1v) is 9.00. The summed E-state index contributed by atoms with van der Waals surface area (Å²) in [5, 5.41) is 10.1. The summed E-state index contributed by atoms with van der Waals surface area (Å²) in [5.41, 5.74) is 3.89. The smallest absolute Gasteiger partial charge is 0.134 e. The van der Waals surface area contributed by atoms with E-state index < -0.39 is 0 Å². The van der Waals surface area contributed by atoms with Gasteiger partial charge in [0.2, 0.25) is 0 Å². The monoisotopic (exact) mass is 330 g/mol. The van der Waals surface area contributed by atoms with Crippen molar-refractivity contribution in [2.75, 3.05) is 13.1 Å². The molecular formula is C22H22N2O. The van der Waals surface area contributed by atoms with E-state index in [-0.39, 0.29) is 0 Å². The highest BCUT2D eigenvalue weighted by Crippen LogP contribution is 2.31. The topological polar surface area (TPSA) is 40.2 Å². The van der Waals surface area contributed by atoms with Crippen LogP contribution in [0.15, 0.2) is 52.9 Å². The zero-order valence-corrected chi connectivity index (χ0v) is 14.5. The molecule has 0 bridgehead atoms. The SMILES string of the molecule is C[C@H]1CCCN1CCc1cc2c(-c3ccc(C#N)cc3)cccc2o1. The van der Waals surface area contributed by atoms with Crippen molar-refractivity contribution in [3.8, 4) is 17.2 Å². The highest BCUT2D eigenvalue weighted by atomic mass is 16.3. The Balaban J connectivity index is 1.60. The van der Waals surface area contributed by atoms with Gasteiger partial charge in [-0.05, 0) is 61.7 Å². The standard InChI is InChI=1S/C22H22N2O/c1-16-4-3-12-24(16)13-11-19-14-21-20(5-2-6-22(21)25-19)18-9-7-17(15-23)8-10-18/h2,5-10,14,16H,3-4,11-13H2,1H3/t16-/m0/s1. The van der Waals surface area contributed by atoms with Gasteiger partial charge >= 0.3 is 0 Å². The zero-order chi connectivity index (χ0) is 17.2. The van der Waals surface area contributed by atoms with Crippen LogP contribution in [-0.4, -0.2) is 24.0 Å². The number of nitrogens with zero attached hydrogens (tertiary/aromatic N) is 2. The third-order valence-electron chi connectivity index (χ3n) is 5.27. The molecule has 3 heteroatoms. The molecule has 3 aromatic rings. The molecule has 4 rings (SSSR count). The Bertz CT molecular complexity index is 917. The summed E-state index contributed by atoms with van der Waals surface area (Å²) in [7, 11) is 0. The Kier molecular flexibility index (Phi) is 4.29. The molecule has 0 amide bonds. The molecule has 1 aromatic heterocycles. The number of hydrogen-bond acceptors (Lipinski definition) is 3. The van der Waals surface area contributed by atoms with Gasteiger partial charge in [0.1, 0.15) is 11.3 Å². The minimum atomic E-state index is 0.684. The molecule has 0 N–H and O–H groups in total. The number of furan rings is 1. The van der Waals surface area contributed by atoms with E-state index in [1.165, 1.54) is 19.4 Å². The molecule has 126 valence electrons. The van der Waals surface area contributed by atoms with Crippen molar-refractivity contribution in [2.24, 2.45) is 0 Å². The van der Waals surface area contributed by atoms with E-state index in [0.29, 0.717) is 11.6 Å². The molecule has 0 radical (unpaired) electrons. The summed E-state index contributed by atoms with van der Waals surface area (Å²) in [4.78, 5) is 2.55. The predicted octanol–water partition coefficient (Wildman–Crippen LogP) is 5.00. The van der Waals surface area contributed by atoms with Crippen LogP contribution in [0.5, 0.6) is 0 Å². The Morgan fingerprint density at radius 3 is 2.76 bits per heavy atom. The number of fused-ring (bicyclic) bond motifs is 1. The van der Waals surface area contributed by atoms with E-state index in [1.54, 1.807) is 0 Å². The number of rotatable bonds is 4. The molecule has 3 nitrogen and oxygen atoms in total. The van der Waals surface area contributed by atoms with Crippen molar-refractivity contribution in [3.63, 3.8) is 0 Å². The molecule has 0 saturated carbocycles. The van der Waals surface area contributed by atoms with E-state index in [0.717, 1.165) is 40.8 Å². The highest BCUT2D eigenvalue weighted by molar-refractivity contribution is 5.94. The first-order chi connectivity index (χ1) is 12.2. The first kappa shape index (κ1) is 15.9. The van der Waals surface area contributed by atoms with Gasteiger partial charge in [0.15, 0.2) is 0 Å². The van der Waals surface area contributed by atoms with Crippen LogP contribution >= 0.6 is 0 Å². The van der Waals surface area contributed by atoms with Gasteiger partial charge in [0, 0.05) is 24.4 Å². The lowest BCUT2D eigenvalue weighted by atomic mass is 10.0. The van der Waals surface area contributed by atoms with Crippen LogP contribution in [0, 0.1) is 11.3 Å². The third kappa shape index (κ3) is 3.18. The molecule has 1 saturated heterocycles. The maximum atomic E-state index is 8.97. The Morgan fingerprint density at radius 1 is 1.20 bits per heavy atom. The van der Waals surface area contributed by atoms with Gasteiger partial charge in [-0.25, -0.2) is 0 Å². The summed E-state index contributed by atoms with van der Waals surface area (Å²) in [6, 6.07) is 19.0. The molecule has 1 atom stereocenters. The number of benzene rings is 2. The summed E-state index contributed by atoms with van der Waals surface area (Å²) in [6.45, 7) is 4.58. The van der Waals surface area contributed by atoms with Crippen molar-refractivity contribution in [1.82, 2.24) is 4.90 Å². The Hall–Kier alpha value is -2.57. The molecule has 1 aliphatic heterocycles. The summed E-state index contributed by atoms with van der Waals surface area (Å²) in [6.07, 6.45) is 3.57. The molecule has 0 unspecified atom stereocenters. The quantitative estimate of drug-likeness (QED) is 0.676. The second kappa shape index (κ2) is 6.74. The van der Waals surface area contributed by atoms with E-state index in [9.17, 15) is 0 Å². The lowest BCUT2D eigenvalue weighted by Gasteiger charge is -2.19. The lowest BCUT2D eigenvalue weighted by Crippen LogP contribution is -2.28. The van der Waals surface area contributed by atoms with Crippen molar-refractivity contribution in [3.05, 3.63) is 59.9 Å². The average Bonchev–Trinajstić information content (AvgIpc) is 3.25. The first-order valence-electron chi connectivity index (χ1n) is 9.00. The van der Waals surface area contributed by atoms with Crippen molar-refractivity contribution >= 4 is 11.0 Å². The van der Waals surface area contributed by atoms with Gasteiger partial charge in [0.05, 0.1) is 11.6 Å². The molecule has 2 aromatic carbocycles. The number of likely N-dealkylation sites (tertiary alicyclic amines) is 1. The van der Waals surface area contributed by atoms with E-state index >= 15 is 0 Å². The van der Waals surface area contributed by atoms with Gasteiger partial charge in [-0.1, -0.05) is 24.3 Å². The molecule has 1 fully saturated rings. The van der Waals surface area contributed by atoms with Gasteiger partial charge < -0.3 is 9.32 Å². The van der Waals surface area contributed by atoms with Crippen LogP contribution in [-0.2, 0) is 6.42 Å². The lowest BCUT2D eigenvalue weighted by molar-refractivity contribution is 0.266. The second-order valence-electron chi connectivity index (χ2n) is 6.90. The molecular weight excluding hydrogens is 308 g/mol. The Labute approximate surface area is 148 Å². The summed E-state index contributed by atoms with van der Waals surface area (Å²) >= 11 is 0. The summed E-state index contributed by atoms with van der Waals surface area (Å²) < 4.78 is 6.09. The fourth-order valence-electron chi connectivity index (χ4n) is 3.79. The van der Waals surface area contributed by atoms with E-state index in [1.807, 2.05) is 36.4 Å². The van der Waals surface area contributed by atoms with Crippen molar-refractivity contribution in [2.45, 2.75) is 32.2 Å². The second-order valence-corrected chi connectivity index (χ2v) is 6.90. The van der Waals surface area contributed by atoms with Crippen LogP contribution < -0.4 is 0 Å². The maximum absolute atomic E-state index is 8.97. The van der Waals surface area contributed by atoms with Crippen molar-refractivity contribution in [1.29, 1.82) is 5.26 Å². The number of hydrogen-bond donors (Lipinski definition) is 0. The maximum Gasteiger partial charge on any atom is 0.134 e. The number of nitriles is 1. The molecule has 0 spiro atoms. The highest BCUT2D eigenvalue weighted by Gasteiger charge is 2.20. The van der Waals surface area contributed by atoms with Crippen LogP contribution in [0.1, 0.15) is 31.1 Å². The summed E-state index contributed by atoms with van der Waals surface area (Å²) in [5.74, 6) is 1.05. The van der Waals surface area contributed by atoms with E-state index in [4.69, 9.17) is 9.68 Å². The largest absolute Gasteiger partial charge is 0.461 e. The normalized spacial score (nSPS) is 17.8. The van der Waals surface area contributed by atoms with Gasteiger partial charge in [-0.2, -0.15) is 5.26 Å². The van der Waals surface area contributed by atoms with Crippen molar-refractivity contribution < 1.29 is 4.42 Å². The molecule has 0 aliphatic carbocycles. The predicted molar refractivity (Wildman–Crippen MR) is 100 cm³/mol. The van der Waals surface area contributed by atoms with Gasteiger partial charge in [-0.3, -0.25) is 0 Å². The Morgan fingerprint density at radius 2 is 2.04 bits per heavy atom. The fraction of sp³-hybridized carbons (Fsp3) is 0.318. The molecule has 2 heterocycles. The minimum Gasteiger partial charge on any atom is -0.461 e. The minimum absolute atomic E-state index is 0.684.